The first-order chi connectivity index (χ1) is 15.3. The summed E-state index contributed by atoms with van der Waals surface area (Å²) in [5, 5.41) is 4.02. The van der Waals surface area contributed by atoms with Gasteiger partial charge >= 0.3 is 0 Å². The van der Waals surface area contributed by atoms with Crippen LogP contribution in [0.5, 0.6) is 0 Å². The molecule has 0 aliphatic carbocycles. The van der Waals surface area contributed by atoms with Gasteiger partial charge in [-0.2, -0.15) is 9.29 Å². The lowest BCUT2D eigenvalue weighted by Crippen LogP contribution is -2.45. The van der Waals surface area contributed by atoms with Crippen molar-refractivity contribution in [1.82, 2.24) is 19.3 Å². The number of hydrogen-bond donors (Lipinski definition) is 0. The summed E-state index contributed by atoms with van der Waals surface area (Å²) in [6.45, 7) is 2.73. The molecule has 1 aliphatic rings. The van der Waals surface area contributed by atoms with E-state index < -0.39 is 15.9 Å². The summed E-state index contributed by atoms with van der Waals surface area (Å²) in [6.07, 6.45) is 1.27. The van der Waals surface area contributed by atoms with Gasteiger partial charge in [0.2, 0.25) is 27.6 Å². The maximum absolute atomic E-state index is 13.0. The number of sulfonamides is 1. The molecule has 0 spiro atoms. The Balaban J connectivity index is 1.42. The van der Waals surface area contributed by atoms with Crippen LogP contribution in [-0.2, 0) is 21.4 Å². The van der Waals surface area contributed by atoms with Crippen LogP contribution in [0.15, 0.2) is 64.0 Å². The van der Waals surface area contributed by atoms with Crippen molar-refractivity contribution in [3.05, 3.63) is 66.1 Å². The number of hydrogen-bond acceptors (Lipinski definition) is 6. The first-order valence-corrected chi connectivity index (χ1v) is 12.0. The van der Waals surface area contributed by atoms with Crippen molar-refractivity contribution < 1.29 is 17.7 Å². The predicted molar refractivity (Wildman–Crippen MR) is 119 cm³/mol. The zero-order chi connectivity index (χ0) is 22.7. The average Bonchev–Trinajstić information content (AvgIpc) is 3.28. The van der Waals surface area contributed by atoms with Gasteiger partial charge in [0.05, 0.1) is 17.4 Å². The van der Waals surface area contributed by atoms with Crippen LogP contribution in [0.3, 0.4) is 0 Å². The molecule has 9 heteroatoms. The third kappa shape index (κ3) is 4.73. The number of benzene rings is 2. The summed E-state index contributed by atoms with van der Waals surface area (Å²) in [5.74, 6) is 0.268. The SMILES string of the molecule is Cc1cccc(-c2noc(CN(C)C(=O)[C@@H]3CCCN(S(=O)(=O)c4ccccc4)C3)n2)c1. The van der Waals surface area contributed by atoms with E-state index in [2.05, 4.69) is 10.1 Å². The van der Waals surface area contributed by atoms with Crippen LogP contribution in [-0.4, -0.2) is 53.8 Å². The third-order valence-corrected chi connectivity index (χ3v) is 7.49. The minimum absolute atomic E-state index is 0.131. The summed E-state index contributed by atoms with van der Waals surface area (Å²) in [4.78, 5) is 19.2. The molecule has 0 N–H and O–H groups in total. The van der Waals surface area contributed by atoms with Gasteiger partial charge in [0, 0.05) is 25.7 Å². The fraction of sp³-hybridized carbons (Fsp3) is 0.348. The first kappa shape index (κ1) is 22.2. The van der Waals surface area contributed by atoms with E-state index in [4.69, 9.17) is 4.52 Å². The van der Waals surface area contributed by atoms with Gasteiger partial charge in [-0.15, -0.1) is 0 Å². The topological polar surface area (TPSA) is 96.6 Å². The fourth-order valence-electron chi connectivity index (χ4n) is 3.92. The molecule has 1 aromatic heterocycles. The van der Waals surface area contributed by atoms with Crippen LogP contribution in [0.4, 0.5) is 0 Å². The maximum Gasteiger partial charge on any atom is 0.246 e. The predicted octanol–water partition coefficient (Wildman–Crippen LogP) is 3.10. The van der Waals surface area contributed by atoms with E-state index in [0.29, 0.717) is 31.1 Å². The number of carbonyl (C=O) groups is 1. The molecule has 0 unspecified atom stereocenters. The lowest BCUT2D eigenvalue weighted by atomic mass is 9.98. The molecule has 0 saturated carbocycles. The molecule has 8 nitrogen and oxygen atoms in total. The van der Waals surface area contributed by atoms with Crippen molar-refractivity contribution in [2.45, 2.75) is 31.2 Å². The van der Waals surface area contributed by atoms with Crippen molar-refractivity contribution in [3.8, 4) is 11.4 Å². The highest BCUT2D eigenvalue weighted by Crippen LogP contribution is 2.25. The van der Waals surface area contributed by atoms with Crippen LogP contribution in [0.2, 0.25) is 0 Å². The largest absolute Gasteiger partial charge is 0.337 e. The Morgan fingerprint density at radius 3 is 2.72 bits per heavy atom. The second kappa shape index (κ2) is 9.22. The van der Waals surface area contributed by atoms with Gasteiger partial charge in [-0.3, -0.25) is 4.79 Å². The molecule has 168 valence electrons. The van der Waals surface area contributed by atoms with Crippen molar-refractivity contribution in [3.63, 3.8) is 0 Å². The van der Waals surface area contributed by atoms with Gasteiger partial charge in [0.1, 0.15) is 0 Å². The van der Waals surface area contributed by atoms with E-state index in [-0.39, 0.29) is 23.9 Å². The molecule has 3 aromatic rings. The molecule has 4 rings (SSSR count). The van der Waals surface area contributed by atoms with E-state index in [1.54, 1.807) is 37.4 Å². The number of aromatic nitrogens is 2. The number of rotatable bonds is 6. The van der Waals surface area contributed by atoms with Crippen LogP contribution < -0.4 is 0 Å². The monoisotopic (exact) mass is 454 g/mol. The first-order valence-electron chi connectivity index (χ1n) is 10.5. The van der Waals surface area contributed by atoms with Crippen molar-refractivity contribution in [2.75, 3.05) is 20.1 Å². The van der Waals surface area contributed by atoms with Gasteiger partial charge < -0.3 is 9.42 Å². The summed E-state index contributed by atoms with van der Waals surface area (Å²) >= 11 is 0. The molecule has 0 bridgehead atoms. The van der Waals surface area contributed by atoms with E-state index in [1.165, 1.54) is 9.21 Å². The molecule has 32 heavy (non-hydrogen) atoms. The molecule has 1 amide bonds. The highest BCUT2D eigenvalue weighted by atomic mass is 32.2. The Morgan fingerprint density at radius 2 is 1.97 bits per heavy atom. The summed E-state index contributed by atoms with van der Waals surface area (Å²) < 4.78 is 32.6. The average molecular weight is 455 g/mol. The normalized spacial score (nSPS) is 17.2. The third-order valence-electron chi connectivity index (χ3n) is 5.61. The maximum atomic E-state index is 13.0. The quantitative estimate of drug-likeness (QED) is 0.568. The van der Waals surface area contributed by atoms with Crippen molar-refractivity contribution >= 4 is 15.9 Å². The Hall–Kier alpha value is -3.04. The highest BCUT2D eigenvalue weighted by Gasteiger charge is 2.34. The zero-order valence-electron chi connectivity index (χ0n) is 18.1. The summed E-state index contributed by atoms with van der Waals surface area (Å²) in [5.41, 5.74) is 1.94. The summed E-state index contributed by atoms with van der Waals surface area (Å²) in [6, 6.07) is 16.1. The lowest BCUT2D eigenvalue weighted by molar-refractivity contribution is -0.136. The van der Waals surface area contributed by atoms with Gasteiger partial charge in [0.25, 0.3) is 0 Å². The number of piperidine rings is 1. The molecule has 2 aromatic carbocycles. The lowest BCUT2D eigenvalue weighted by Gasteiger charge is -2.33. The minimum atomic E-state index is -3.62. The Bertz CT molecular complexity index is 1190. The number of carbonyl (C=O) groups excluding carboxylic acids is 1. The fourth-order valence-corrected chi connectivity index (χ4v) is 5.46. The Morgan fingerprint density at radius 1 is 1.19 bits per heavy atom. The molecule has 1 fully saturated rings. The van der Waals surface area contributed by atoms with Gasteiger partial charge in [-0.25, -0.2) is 8.42 Å². The van der Waals surface area contributed by atoms with Crippen LogP contribution in [0.25, 0.3) is 11.4 Å². The van der Waals surface area contributed by atoms with Crippen LogP contribution in [0.1, 0.15) is 24.3 Å². The highest BCUT2D eigenvalue weighted by molar-refractivity contribution is 7.89. The zero-order valence-corrected chi connectivity index (χ0v) is 19.0. The van der Waals surface area contributed by atoms with E-state index in [0.717, 1.165) is 11.1 Å². The number of amides is 1. The minimum Gasteiger partial charge on any atom is -0.337 e. The summed E-state index contributed by atoms with van der Waals surface area (Å²) in [7, 11) is -1.95. The molecule has 0 radical (unpaired) electrons. The molecule has 2 heterocycles. The van der Waals surface area contributed by atoms with Crippen LogP contribution in [0, 0.1) is 12.8 Å². The van der Waals surface area contributed by atoms with Crippen molar-refractivity contribution in [2.24, 2.45) is 5.92 Å². The Labute approximate surface area is 187 Å². The molecule has 1 aliphatic heterocycles. The second-order valence-electron chi connectivity index (χ2n) is 8.09. The number of nitrogens with zero attached hydrogens (tertiary/aromatic N) is 4. The standard InChI is InChI=1S/C23H26N4O4S/c1-17-8-6-9-18(14-17)22-24-21(31-25-22)16-26(2)23(28)19-10-7-13-27(15-19)32(29,30)20-11-4-3-5-12-20/h3-6,8-9,11-12,14,19H,7,10,13,15-16H2,1-2H3/t19-/m1/s1. The van der Waals surface area contributed by atoms with E-state index in [9.17, 15) is 13.2 Å². The van der Waals surface area contributed by atoms with Gasteiger partial charge in [0.15, 0.2) is 0 Å². The van der Waals surface area contributed by atoms with Crippen LogP contribution >= 0.6 is 0 Å². The van der Waals surface area contributed by atoms with Gasteiger partial charge in [-0.1, -0.05) is 47.1 Å². The molecule has 1 atom stereocenters. The number of aryl methyl sites for hydroxylation is 1. The second-order valence-corrected chi connectivity index (χ2v) is 10.0. The van der Waals surface area contributed by atoms with E-state index >= 15 is 0 Å². The van der Waals surface area contributed by atoms with Gasteiger partial charge in [-0.05, 0) is 38.0 Å². The smallest absolute Gasteiger partial charge is 0.246 e. The molecular formula is C23H26N4O4S. The molecular weight excluding hydrogens is 428 g/mol. The molecule has 1 saturated heterocycles. The van der Waals surface area contributed by atoms with E-state index in [1.807, 2.05) is 31.2 Å². The van der Waals surface area contributed by atoms with Crippen molar-refractivity contribution in [1.29, 1.82) is 0 Å². The Kier molecular flexibility index (Phi) is 6.38.